The summed E-state index contributed by atoms with van der Waals surface area (Å²) in [5, 5.41) is 0. The summed E-state index contributed by atoms with van der Waals surface area (Å²) in [4.78, 5) is 3.32. The molecule has 102 valence electrons. The summed E-state index contributed by atoms with van der Waals surface area (Å²) in [5.74, 6) is -0.866. The van der Waals surface area contributed by atoms with Gasteiger partial charge in [0, 0.05) is 25.5 Å². The van der Waals surface area contributed by atoms with Gasteiger partial charge in [0.2, 0.25) is 10.0 Å². The molecule has 2 aromatic rings. The number of rotatable bonds is 5. The number of sulfonamides is 1. The number of nitrogens with one attached hydrogen (secondary N) is 1. The molecule has 2 rings (SSSR count). The predicted molar refractivity (Wildman–Crippen MR) is 68.2 cm³/mol. The molecule has 19 heavy (non-hydrogen) atoms. The summed E-state index contributed by atoms with van der Waals surface area (Å²) < 4.78 is 41.4. The highest BCUT2D eigenvalue weighted by molar-refractivity contribution is 7.89. The number of imidazole rings is 1. The van der Waals surface area contributed by atoms with E-state index in [1.54, 1.807) is 23.3 Å². The van der Waals surface area contributed by atoms with Crippen LogP contribution in [0.2, 0.25) is 0 Å². The van der Waals surface area contributed by atoms with Crippen LogP contribution in [0.25, 0.3) is 0 Å². The van der Waals surface area contributed by atoms with Crippen LogP contribution in [0.15, 0.2) is 41.8 Å². The van der Waals surface area contributed by atoms with Gasteiger partial charge in [0.25, 0.3) is 0 Å². The standard InChI is InChI=1S/C11H13FN4O2S/c12-9-2-1-3-10(13)11(9)19(17,18)15-5-7-16-6-4-14-8-16/h1-4,6,8,15H,5,7,13H2. The molecule has 1 aromatic heterocycles. The van der Waals surface area contributed by atoms with E-state index in [4.69, 9.17) is 5.73 Å². The Morgan fingerprint density at radius 1 is 1.42 bits per heavy atom. The van der Waals surface area contributed by atoms with Gasteiger partial charge in [-0.05, 0) is 12.1 Å². The van der Waals surface area contributed by atoms with Gasteiger partial charge < -0.3 is 10.3 Å². The van der Waals surface area contributed by atoms with Crippen LogP contribution in [0, 0.1) is 5.82 Å². The van der Waals surface area contributed by atoms with Crippen molar-refractivity contribution in [2.75, 3.05) is 12.3 Å². The molecule has 0 amide bonds. The van der Waals surface area contributed by atoms with Gasteiger partial charge in [-0.3, -0.25) is 0 Å². The molecule has 0 unspecified atom stereocenters. The Bertz CT molecular complexity index is 635. The largest absolute Gasteiger partial charge is 0.398 e. The normalized spacial score (nSPS) is 11.6. The lowest BCUT2D eigenvalue weighted by molar-refractivity contribution is 0.553. The van der Waals surface area contributed by atoms with Gasteiger partial charge in [-0.1, -0.05) is 6.07 Å². The van der Waals surface area contributed by atoms with Crippen molar-refractivity contribution in [1.29, 1.82) is 0 Å². The first-order valence-electron chi connectivity index (χ1n) is 5.50. The van der Waals surface area contributed by atoms with Crippen LogP contribution >= 0.6 is 0 Å². The minimum absolute atomic E-state index is 0.116. The van der Waals surface area contributed by atoms with Crippen molar-refractivity contribution >= 4 is 15.7 Å². The molecule has 0 atom stereocenters. The molecule has 0 aliphatic rings. The fraction of sp³-hybridized carbons (Fsp3) is 0.182. The average Bonchev–Trinajstić information content (AvgIpc) is 2.81. The molecular formula is C11H13FN4O2S. The number of hydrogen-bond donors (Lipinski definition) is 2. The van der Waals surface area contributed by atoms with Gasteiger partial charge in [0.1, 0.15) is 10.7 Å². The van der Waals surface area contributed by atoms with Crippen LogP contribution in [-0.2, 0) is 16.6 Å². The summed E-state index contributed by atoms with van der Waals surface area (Å²) in [6, 6.07) is 3.75. The summed E-state index contributed by atoms with van der Waals surface area (Å²) in [5.41, 5.74) is 5.38. The van der Waals surface area contributed by atoms with Gasteiger partial charge >= 0.3 is 0 Å². The van der Waals surface area contributed by atoms with Crippen LogP contribution in [0.4, 0.5) is 10.1 Å². The second-order valence-electron chi connectivity index (χ2n) is 3.86. The number of nitrogens with two attached hydrogens (primary N) is 1. The number of anilines is 1. The Hall–Kier alpha value is -1.93. The highest BCUT2D eigenvalue weighted by Crippen LogP contribution is 2.20. The molecule has 3 N–H and O–H groups in total. The van der Waals surface area contributed by atoms with Gasteiger partial charge in [0.15, 0.2) is 0 Å². The Balaban J connectivity index is 2.10. The Morgan fingerprint density at radius 2 is 2.21 bits per heavy atom. The van der Waals surface area contributed by atoms with Crippen molar-refractivity contribution in [2.24, 2.45) is 0 Å². The van der Waals surface area contributed by atoms with E-state index in [9.17, 15) is 12.8 Å². The van der Waals surface area contributed by atoms with Gasteiger partial charge in [-0.2, -0.15) is 0 Å². The summed E-state index contributed by atoms with van der Waals surface area (Å²) in [7, 11) is -3.96. The number of nitrogen functional groups attached to an aromatic ring is 1. The van der Waals surface area contributed by atoms with Crippen molar-refractivity contribution in [1.82, 2.24) is 14.3 Å². The maximum Gasteiger partial charge on any atom is 0.245 e. The van der Waals surface area contributed by atoms with Crippen molar-refractivity contribution in [3.63, 3.8) is 0 Å². The average molecular weight is 284 g/mol. The fourth-order valence-corrected chi connectivity index (χ4v) is 2.82. The lowest BCUT2D eigenvalue weighted by atomic mass is 10.3. The molecule has 8 heteroatoms. The first-order valence-corrected chi connectivity index (χ1v) is 6.98. The number of benzene rings is 1. The van der Waals surface area contributed by atoms with Crippen molar-refractivity contribution in [3.8, 4) is 0 Å². The Morgan fingerprint density at radius 3 is 2.84 bits per heavy atom. The lowest BCUT2D eigenvalue weighted by Crippen LogP contribution is -2.28. The van der Waals surface area contributed by atoms with Crippen LogP contribution in [0.1, 0.15) is 0 Å². The molecule has 1 heterocycles. The minimum Gasteiger partial charge on any atom is -0.398 e. The third-order valence-corrected chi connectivity index (χ3v) is 4.04. The third-order valence-electron chi connectivity index (χ3n) is 2.49. The molecule has 0 spiro atoms. The number of nitrogens with zero attached hydrogens (tertiary/aromatic N) is 2. The molecule has 0 saturated carbocycles. The van der Waals surface area contributed by atoms with Crippen molar-refractivity contribution < 1.29 is 12.8 Å². The topological polar surface area (TPSA) is 90.0 Å². The monoisotopic (exact) mass is 284 g/mol. The van der Waals surface area contributed by atoms with E-state index in [1.165, 1.54) is 12.1 Å². The predicted octanol–water partition coefficient (Wildman–Crippen LogP) is 0.583. The first kappa shape index (κ1) is 13.5. The quantitative estimate of drug-likeness (QED) is 0.786. The van der Waals surface area contributed by atoms with Gasteiger partial charge in [0.05, 0.1) is 12.0 Å². The minimum atomic E-state index is -3.96. The summed E-state index contributed by atoms with van der Waals surface area (Å²) in [6.45, 7) is 0.514. The molecule has 0 aliphatic heterocycles. The van der Waals surface area contributed by atoms with E-state index in [2.05, 4.69) is 9.71 Å². The second kappa shape index (κ2) is 5.37. The molecule has 6 nitrogen and oxygen atoms in total. The maximum atomic E-state index is 13.5. The molecule has 0 fully saturated rings. The van der Waals surface area contributed by atoms with E-state index >= 15 is 0 Å². The highest BCUT2D eigenvalue weighted by atomic mass is 32.2. The smallest absolute Gasteiger partial charge is 0.245 e. The van der Waals surface area contributed by atoms with Crippen molar-refractivity contribution in [2.45, 2.75) is 11.4 Å². The molecule has 0 radical (unpaired) electrons. The van der Waals surface area contributed by atoms with Crippen LogP contribution in [0.5, 0.6) is 0 Å². The number of halogens is 1. The van der Waals surface area contributed by atoms with Gasteiger partial charge in [-0.25, -0.2) is 22.5 Å². The van der Waals surface area contributed by atoms with Gasteiger partial charge in [-0.15, -0.1) is 0 Å². The van der Waals surface area contributed by atoms with Crippen molar-refractivity contribution in [3.05, 3.63) is 42.7 Å². The fourth-order valence-electron chi connectivity index (χ4n) is 1.61. The van der Waals surface area contributed by atoms with E-state index in [-0.39, 0.29) is 12.2 Å². The molecule has 0 saturated heterocycles. The molecule has 0 aliphatic carbocycles. The number of aromatic nitrogens is 2. The Kier molecular flexibility index (Phi) is 3.82. The zero-order chi connectivity index (χ0) is 13.9. The van der Waals surface area contributed by atoms with E-state index < -0.39 is 20.7 Å². The van der Waals surface area contributed by atoms with E-state index in [0.717, 1.165) is 6.07 Å². The van der Waals surface area contributed by atoms with E-state index in [0.29, 0.717) is 6.54 Å². The lowest BCUT2D eigenvalue weighted by Gasteiger charge is -2.10. The molecule has 0 bridgehead atoms. The maximum absolute atomic E-state index is 13.5. The zero-order valence-corrected chi connectivity index (χ0v) is 10.8. The highest BCUT2D eigenvalue weighted by Gasteiger charge is 2.21. The first-order chi connectivity index (χ1) is 9.00. The van der Waals surface area contributed by atoms with E-state index in [1.807, 2.05) is 0 Å². The zero-order valence-electron chi connectivity index (χ0n) is 9.95. The third kappa shape index (κ3) is 3.09. The molecular weight excluding hydrogens is 271 g/mol. The summed E-state index contributed by atoms with van der Waals surface area (Å²) in [6.07, 6.45) is 4.85. The SMILES string of the molecule is Nc1cccc(F)c1S(=O)(=O)NCCn1ccnc1. The van der Waals surface area contributed by atoms with Crippen LogP contribution in [-0.4, -0.2) is 24.5 Å². The summed E-state index contributed by atoms with van der Waals surface area (Å²) >= 11 is 0. The molecule has 1 aromatic carbocycles. The van der Waals surface area contributed by atoms with Crippen LogP contribution in [0.3, 0.4) is 0 Å². The second-order valence-corrected chi connectivity index (χ2v) is 5.56. The number of hydrogen-bond acceptors (Lipinski definition) is 4. The van der Waals surface area contributed by atoms with Crippen LogP contribution < -0.4 is 10.5 Å². The Labute approximate surface area is 110 Å².